The fourth-order valence-corrected chi connectivity index (χ4v) is 3.40. The third-order valence-corrected chi connectivity index (χ3v) is 4.76. The first-order valence-corrected chi connectivity index (χ1v) is 9.32. The van der Waals surface area contributed by atoms with Crippen molar-refractivity contribution in [3.63, 3.8) is 0 Å². The minimum Gasteiger partial charge on any atom is -0.370 e. The summed E-state index contributed by atoms with van der Waals surface area (Å²) in [6.07, 6.45) is 4.04. The molecule has 1 aliphatic rings. The molecule has 28 heavy (non-hydrogen) atoms. The summed E-state index contributed by atoms with van der Waals surface area (Å²) in [4.78, 5) is 8.71. The third kappa shape index (κ3) is 5.02. The lowest BCUT2D eigenvalue weighted by atomic mass is 10.1. The number of fused-ring (bicyclic) bond motifs is 1. The number of nitrogens with two attached hydrogens (primary N) is 1. The first-order valence-electron chi connectivity index (χ1n) is 8.95. The van der Waals surface area contributed by atoms with Gasteiger partial charge in [0, 0.05) is 22.7 Å². The van der Waals surface area contributed by atoms with Crippen molar-refractivity contribution in [3.8, 4) is 11.4 Å². The number of guanidine groups is 1. The van der Waals surface area contributed by atoms with Crippen LogP contribution in [-0.2, 0) is 19.3 Å². The van der Waals surface area contributed by atoms with Crippen LogP contribution in [0, 0.1) is 0 Å². The zero-order chi connectivity index (χ0) is 18.6. The summed E-state index contributed by atoms with van der Waals surface area (Å²) in [5.74, 6) is 1.40. The number of halogens is 2. The van der Waals surface area contributed by atoms with E-state index in [2.05, 4.69) is 32.6 Å². The number of rotatable bonds is 5. The summed E-state index contributed by atoms with van der Waals surface area (Å²) >= 11 is 5.99. The Morgan fingerprint density at radius 1 is 1.18 bits per heavy atom. The molecule has 0 radical (unpaired) electrons. The highest BCUT2D eigenvalue weighted by Crippen LogP contribution is 2.24. The summed E-state index contributed by atoms with van der Waals surface area (Å²) in [6.45, 7) is 0.459. The van der Waals surface area contributed by atoms with Crippen molar-refractivity contribution >= 4 is 47.2 Å². The first-order chi connectivity index (χ1) is 13.2. The van der Waals surface area contributed by atoms with E-state index in [4.69, 9.17) is 21.9 Å². The maximum Gasteiger partial charge on any atom is 0.228 e. The van der Waals surface area contributed by atoms with E-state index >= 15 is 0 Å². The van der Waals surface area contributed by atoms with E-state index in [0.717, 1.165) is 17.7 Å². The fourth-order valence-electron chi connectivity index (χ4n) is 3.21. The van der Waals surface area contributed by atoms with Crippen molar-refractivity contribution in [2.24, 2.45) is 10.7 Å². The zero-order valence-corrected chi connectivity index (χ0v) is 18.3. The van der Waals surface area contributed by atoms with Crippen LogP contribution in [-0.4, -0.2) is 22.6 Å². The monoisotopic (exact) mass is 509 g/mol. The molecule has 6 nitrogen and oxygen atoms in total. The summed E-state index contributed by atoms with van der Waals surface area (Å²) in [5.41, 5.74) is 10.6. The molecular formula is C20H21ClIN5O. The SMILES string of the molecule is I.NC(=NCCc1nc(-c2cccc(Cl)c2)no1)Nc1ccc2c(c1)CCC2. The summed E-state index contributed by atoms with van der Waals surface area (Å²) < 4.78 is 5.27. The van der Waals surface area contributed by atoms with Crippen LogP contribution in [0.3, 0.4) is 0 Å². The Balaban J connectivity index is 0.00000225. The molecule has 0 unspecified atom stereocenters. The molecule has 4 rings (SSSR count). The second-order valence-corrected chi connectivity index (χ2v) is 6.94. The van der Waals surface area contributed by atoms with Gasteiger partial charge in [-0.15, -0.1) is 24.0 Å². The molecule has 146 valence electrons. The van der Waals surface area contributed by atoms with Crippen LogP contribution in [0.4, 0.5) is 5.69 Å². The molecule has 0 amide bonds. The van der Waals surface area contributed by atoms with E-state index in [1.165, 1.54) is 24.0 Å². The molecule has 1 aromatic heterocycles. The Morgan fingerprint density at radius 3 is 2.89 bits per heavy atom. The molecular weight excluding hydrogens is 489 g/mol. The predicted octanol–water partition coefficient (Wildman–Crippen LogP) is 4.47. The number of hydrogen-bond acceptors (Lipinski definition) is 4. The topological polar surface area (TPSA) is 89.3 Å². The number of nitrogens with one attached hydrogen (secondary N) is 1. The van der Waals surface area contributed by atoms with Gasteiger partial charge in [0.25, 0.3) is 0 Å². The van der Waals surface area contributed by atoms with Crippen LogP contribution in [0.15, 0.2) is 52.0 Å². The van der Waals surface area contributed by atoms with Crippen molar-refractivity contribution in [2.45, 2.75) is 25.7 Å². The molecule has 8 heteroatoms. The molecule has 2 aromatic carbocycles. The number of aliphatic imine (C=N–C) groups is 1. The van der Waals surface area contributed by atoms with Crippen molar-refractivity contribution in [1.29, 1.82) is 0 Å². The minimum absolute atomic E-state index is 0. The molecule has 1 aliphatic carbocycles. The van der Waals surface area contributed by atoms with Crippen molar-refractivity contribution in [1.82, 2.24) is 10.1 Å². The van der Waals surface area contributed by atoms with Gasteiger partial charge in [0.05, 0.1) is 6.54 Å². The van der Waals surface area contributed by atoms with Crippen LogP contribution in [0.5, 0.6) is 0 Å². The average molecular weight is 510 g/mol. The van der Waals surface area contributed by atoms with Gasteiger partial charge in [-0.2, -0.15) is 4.98 Å². The highest BCUT2D eigenvalue weighted by Gasteiger charge is 2.11. The molecule has 0 bridgehead atoms. The van der Waals surface area contributed by atoms with E-state index in [0.29, 0.717) is 35.7 Å². The number of aromatic nitrogens is 2. The second kappa shape index (κ2) is 9.38. The Morgan fingerprint density at radius 2 is 2.04 bits per heavy atom. The van der Waals surface area contributed by atoms with E-state index in [1.54, 1.807) is 12.1 Å². The second-order valence-electron chi connectivity index (χ2n) is 6.50. The van der Waals surface area contributed by atoms with Gasteiger partial charge < -0.3 is 15.6 Å². The van der Waals surface area contributed by atoms with Gasteiger partial charge in [-0.25, -0.2) is 0 Å². The maximum absolute atomic E-state index is 5.99. The minimum atomic E-state index is 0. The van der Waals surface area contributed by atoms with Crippen LogP contribution in [0.1, 0.15) is 23.4 Å². The summed E-state index contributed by atoms with van der Waals surface area (Å²) in [5, 5.41) is 7.76. The third-order valence-electron chi connectivity index (χ3n) is 4.53. The first kappa shape index (κ1) is 20.6. The molecule has 0 aliphatic heterocycles. The van der Waals surface area contributed by atoms with Gasteiger partial charge in [0.2, 0.25) is 11.7 Å². The van der Waals surface area contributed by atoms with Gasteiger partial charge in [-0.3, -0.25) is 4.99 Å². The van der Waals surface area contributed by atoms with Crippen molar-refractivity contribution in [2.75, 3.05) is 11.9 Å². The van der Waals surface area contributed by atoms with Crippen molar-refractivity contribution < 1.29 is 4.52 Å². The largest absolute Gasteiger partial charge is 0.370 e. The molecule has 0 saturated heterocycles. The molecule has 3 aromatic rings. The average Bonchev–Trinajstić information content (AvgIpc) is 3.30. The maximum atomic E-state index is 5.99. The highest BCUT2D eigenvalue weighted by molar-refractivity contribution is 14.0. The molecule has 0 saturated carbocycles. The number of nitrogens with zero attached hydrogens (tertiary/aromatic N) is 3. The lowest BCUT2D eigenvalue weighted by molar-refractivity contribution is 0.380. The Labute approximate surface area is 185 Å². The van der Waals surface area contributed by atoms with Crippen LogP contribution in [0.2, 0.25) is 5.02 Å². The van der Waals surface area contributed by atoms with Gasteiger partial charge in [-0.1, -0.05) is 35.0 Å². The summed E-state index contributed by atoms with van der Waals surface area (Å²) in [6, 6.07) is 13.7. The smallest absolute Gasteiger partial charge is 0.228 e. The van der Waals surface area contributed by atoms with Crippen LogP contribution in [0.25, 0.3) is 11.4 Å². The predicted molar refractivity (Wildman–Crippen MR) is 122 cm³/mol. The molecule has 3 N–H and O–H groups in total. The molecule has 0 spiro atoms. The fraction of sp³-hybridized carbons (Fsp3) is 0.250. The Bertz CT molecular complexity index is 988. The highest BCUT2D eigenvalue weighted by atomic mass is 127. The standard InChI is InChI=1S/C20H20ClN5O.HI/c21-16-6-2-5-15(11-16)19-25-18(27-26-19)9-10-23-20(22)24-17-8-7-13-3-1-4-14(13)12-17;/h2,5-8,11-12H,1,3-4,9-10H2,(H3,22,23,24);1H. The van der Waals surface area contributed by atoms with Crippen LogP contribution >= 0.6 is 35.6 Å². The lowest BCUT2D eigenvalue weighted by Crippen LogP contribution is -2.23. The van der Waals surface area contributed by atoms with E-state index in [-0.39, 0.29) is 24.0 Å². The number of benzene rings is 2. The van der Waals surface area contributed by atoms with Crippen molar-refractivity contribution in [3.05, 3.63) is 64.5 Å². The molecule has 0 atom stereocenters. The van der Waals surface area contributed by atoms with Gasteiger partial charge >= 0.3 is 0 Å². The zero-order valence-electron chi connectivity index (χ0n) is 15.2. The number of hydrogen-bond donors (Lipinski definition) is 2. The number of anilines is 1. The van der Waals surface area contributed by atoms with E-state index in [9.17, 15) is 0 Å². The van der Waals surface area contributed by atoms with E-state index < -0.39 is 0 Å². The molecule has 1 heterocycles. The summed E-state index contributed by atoms with van der Waals surface area (Å²) in [7, 11) is 0. The quantitative estimate of drug-likeness (QED) is 0.301. The normalized spacial score (nSPS) is 13.1. The van der Waals surface area contributed by atoms with Gasteiger partial charge in [0.15, 0.2) is 5.96 Å². The Kier molecular flexibility index (Phi) is 6.90. The van der Waals surface area contributed by atoms with Crippen LogP contribution < -0.4 is 11.1 Å². The molecule has 0 fully saturated rings. The Hall–Kier alpha value is -2.13. The van der Waals surface area contributed by atoms with E-state index in [1.807, 2.05) is 18.2 Å². The van der Waals surface area contributed by atoms with Gasteiger partial charge in [-0.05, 0) is 54.7 Å². The lowest BCUT2D eigenvalue weighted by Gasteiger charge is -2.07. The number of aryl methyl sites for hydroxylation is 2. The van der Waals surface area contributed by atoms with Gasteiger partial charge in [0.1, 0.15) is 0 Å².